The van der Waals surface area contributed by atoms with E-state index in [1.54, 1.807) is 6.20 Å². The molecule has 2 heterocycles. The summed E-state index contributed by atoms with van der Waals surface area (Å²) in [5.74, 6) is -0.193. The van der Waals surface area contributed by atoms with E-state index in [9.17, 15) is 4.79 Å². The largest absolute Gasteiger partial charge is 0.371 e. The zero-order valence-corrected chi connectivity index (χ0v) is 8.81. The number of primary amides is 1. The number of nitrogens with zero attached hydrogens (tertiary/aromatic N) is 2. The minimum Gasteiger partial charge on any atom is -0.371 e. The molecule has 1 fully saturated rings. The molecule has 1 unspecified atom stereocenters. The maximum Gasteiger partial charge on any atom is 0.222 e. The molecule has 4 nitrogen and oxygen atoms in total. The fraction of sp³-hybridized carbons (Fsp3) is 0.455. The summed E-state index contributed by atoms with van der Waals surface area (Å²) < 4.78 is 0. The number of anilines is 1. The summed E-state index contributed by atoms with van der Waals surface area (Å²) in [6.45, 7) is 3.60. The lowest BCUT2D eigenvalue weighted by molar-refractivity contribution is -0.121. The molecule has 0 spiro atoms. The van der Waals surface area contributed by atoms with Gasteiger partial charge in [-0.15, -0.1) is 0 Å². The van der Waals surface area contributed by atoms with Crippen LogP contribution in [-0.2, 0) is 4.79 Å². The van der Waals surface area contributed by atoms with Gasteiger partial charge in [0.15, 0.2) is 0 Å². The van der Waals surface area contributed by atoms with Gasteiger partial charge in [0.1, 0.15) is 0 Å². The Hall–Kier alpha value is -1.58. The van der Waals surface area contributed by atoms with Crippen LogP contribution in [-0.4, -0.2) is 24.0 Å². The van der Waals surface area contributed by atoms with Crippen LogP contribution < -0.4 is 10.6 Å². The summed E-state index contributed by atoms with van der Waals surface area (Å²) in [6, 6.07) is 4.00. The van der Waals surface area contributed by atoms with Crippen molar-refractivity contribution < 1.29 is 4.79 Å². The van der Waals surface area contributed by atoms with Crippen molar-refractivity contribution in [3.63, 3.8) is 0 Å². The Labute approximate surface area is 89.1 Å². The number of amides is 1. The first-order valence-electron chi connectivity index (χ1n) is 5.14. The summed E-state index contributed by atoms with van der Waals surface area (Å²) >= 11 is 0. The van der Waals surface area contributed by atoms with E-state index in [2.05, 4.69) is 9.88 Å². The monoisotopic (exact) mass is 205 g/mol. The van der Waals surface area contributed by atoms with Crippen LogP contribution in [0.25, 0.3) is 0 Å². The summed E-state index contributed by atoms with van der Waals surface area (Å²) in [7, 11) is 0. The molecule has 0 aromatic carbocycles. The van der Waals surface area contributed by atoms with E-state index < -0.39 is 0 Å². The highest BCUT2D eigenvalue weighted by Gasteiger charge is 2.26. The average molecular weight is 205 g/mol. The standard InChI is InChI=1S/C11H15N3O/c1-8-6-10(2-4-13-8)14-5-3-9(7-14)11(12)15/h2,4,6,9H,3,5,7H2,1H3,(H2,12,15). The van der Waals surface area contributed by atoms with Gasteiger partial charge in [0, 0.05) is 30.7 Å². The van der Waals surface area contributed by atoms with Crippen LogP contribution >= 0.6 is 0 Å². The van der Waals surface area contributed by atoms with E-state index in [4.69, 9.17) is 5.73 Å². The van der Waals surface area contributed by atoms with E-state index in [-0.39, 0.29) is 11.8 Å². The van der Waals surface area contributed by atoms with Crippen LogP contribution in [0, 0.1) is 12.8 Å². The molecule has 1 aromatic heterocycles. The van der Waals surface area contributed by atoms with E-state index in [1.807, 2.05) is 19.1 Å². The topological polar surface area (TPSA) is 59.2 Å². The number of carbonyl (C=O) groups excluding carboxylic acids is 1. The van der Waals surface area contributed by atoms with Crippen LogP contribution in [0.15, 0.2) is 18.3 Å². The summed E-state index contributed by atoms with van der Waals surface area (Å²) in [6.07, 6.45) is 2.65. The molecule has 1 aliphatic heterocycles. The van der Waals surface area contributed by atoms with Crippen molar-refractivity contribution in [3.05, 3.63) is 24.0 Å². The van der Waals surface area contributed by atoms with Crippen LogP contribution in [0.1, 0.15) is 12.1 Å². The molecule has 2 N–H and O–H groups in total. The fourth-order valence-corrected chi connectivity index (χ4v) is 1.95. The molecule has 1 aliphatic rings. The number of hydrogen-bond donors (Lipinski definition) is 1. The van der Waals surface area contributed by atoms with E-state index in [0.29, 0.717) is 0 Å². The first-order valence-corrected chi connectivity index (χ1v) is 5.14. The molecule has 0 radical (unpaired) electrons. The SMILES string of the molecule is Cc1cc(N2CCC(C(N)=O)C2)ccn1. The molecule has 4 heteroatoms. The Morgan fingerprint density at radius 2 is 2.47 bits per heavy atom. The minimum atomic E-state index is -0.191. The van der Waals surface area contributed by atoms with Gasteiger partial charge in [-0.2, -0.15) is 0 Å². The molecule has 0 bridgehead atoms. The van der Waals surface area contributed by atoms with Crippen molar-refractivity contribution in [3.8, 4) is 0 Å². The van der Waals surface area contributed by atoms with Gasteiger partial charge >= 0.3 is 0 Å². The Bertz CT molecular complexity index is 378. The third kappa shape index (κ3) is 2.09. The molecule has 1 amide bonds. The summed E-state index contributed by atoms with van der Waals surface area (Å²) in [5.41, 5.74) is 7.42. The fourth-order valence-electron chi connectivity index (χ4n) is 1.95. The molecular formula is C11H15N3O. The first kappa shape index (κ1) is 9.96. The molecule has 0 aliphatic carbocycles. The van der Waals surface area contributed by atoms with E-state index >= 15 is 0 Å². The number of rotatable bonds is 2. The van der Waals surface area contributed by atoms with Gasteiger partial charge in [-0.25, -0.2) is 0 Å². The number of aromatic nitrogens is 1. The van der Waals surface area contributed by atoms with Crippen LogP contribution in [0.2, 0.25) is 0 Å². The molecule has 15 heavy (non-hydrogen) atoms. The van der Waals surface area contributed by atoms with Crippen LogP contribution in [0.5, 0.6) is 0 Å². The predicted molar refractivity (Wildman–Crippen MR) is 58.5 cm³/mol. The van der Waals surface area contributed by atoms with E-state index in [1.165, 1.54) is 0 Å². The lowest BCUT2D eigenvalue weighted by atomic mass is 10.1. The third-order valence-corrected chi connectivity index (χ3v) is 2.84. The maximum absolute atomic E-state index is 11.0. The molecule has 1 saturated heterocycles. The lowest BCUT2D eigenvalue weighted by Crippen LogP contribution is -2.27. The number of hydrogen-bond acceptors (Lipinski definition) is 3. The molecule has 0 saturated carbocycles. The van der Waals surface area contributed by atoms with Crippen LogP contribution in [0.4, 0.5) is 5.69 Å². The minimum absolute atomic E-state index is 0.00142. The normalized spacial score (nSPS) is 20.6. The highest BCUT2D eigenvalue weighted by Crippen LogP contribution is 2.23. The van der Waals surface area contributed by atoms with Crippen molar-refractivity contribution in [1.82, 2.24) is 4.98 Å². The van der Waals surface area contributed by atoms with Gasteiger partial charge < -0.3 is 10.6 Å². The maximum atomic E-state index is 11.0. The van der Waals surface area contributed by atoms with Gasteiger partial charge in [-0.05, 0) is 25.5 Å². The van der Waals surface area contributed by atoms with Gasteiger partial charge in [0.2, 0.25) is 5.91 Å². The second-order valence-electron chi connectivity index (χ2n) is 3.99. The second kappa shape index (κ2) is 3.88. The average Bonchev–Trinajstić information content (AvgIpc) is 2.66. The summed E-state index contributed by atoms with van der Waals surface area (Å²) in [5, 5.41) is 0. The molecule has 1 aromatic rings. The van der Waals surface area contributed by atoms with Gasteiger partial charge in [-0.3, -0.25) is 9.78 Å². The predicted octanol–water partition coefficient (Wildman–Crippen LogP) is 0.702. The Kier molecular flexibility index (Phi) is 2.58. The Balaban J connectivity index is 2.11. The quantitative estimate of drug-likeness (QED) is 0.773. The zero-order chi connectivity index (χ0) is 10.8. The molecule has 1 atom stereocenters. The number of nitrogens with two attached hydrogens (primary N) is 1. The van der Waals surface area contributed by atoms with Crippen molar-refractivity contribution in [2.75, 3.05) is 18.0 Å². The van der Waals surface area contributed by atoms with Crippen molar-refractivity contribution >= 4 is 11.6 Å². The van der Waals surface area contributed by atoms with Crippen molar-refractivity contribution in [2.24, 2.45) is 11.7 Å². The highest BCUT2D eigenvalue weighted by atomic mass is 16.1. The van der Waals surface area contributed by atoms with Crippen LogP contribution in [0.3, 0.4) is 0 Å². The summed E-state index contributed by atoms with van der Waals surface area (Å²) in [4.78, 5) is 17.4. The van der Waals surface area contributed by atoms with E-state index in [0.717, 1.165) is 30.9 Å². The molecule has 2 rings (SSSR count). The molecule has 80 valence electrons. The third-order valence-electron chi connectivity index (χ3n) is 2.84. The Morgan fingerprint density at radius 1 is 1.67 bits per heavy atom. The highest BCUT2D eigenvalue weighted by molar-refractivity contribution is 5.78. The van der Waals surface area contributed by atoms with Gasteiger partial charge in [-0.1, -0.05) is 0 Å². The Morgan fingerprint density at radius 3 is 3.07 bits per heavy atom. The van der Waals surface area contributed by atoms with Crippen molar-refractivity contribution in [2.45, 2.75) is 13.3 Å². The first-order chi connectivity index (χ1) is 7.16. The van der Waals surface area contributed by atoms with Crippen molar-refractivity contribution in [1.29, 1.82) is 0 Å². The van der Waals surface area contributed by atoms with Gasteiger partial charge in [0.25, 0.3) is 0 Å². The number of pyridine rings is 1. The number of carbonyl (C=O) groups is 1. The zero-order valence-electron chi connectivity index (χ0n) is 8.81. The lowest BCUT2D eigenvalue weighted by Gasteiger charge is -2.18. The van der Waals surface area contributed by atoms with Gasteiger partial charge in [0.05, 0.1) is 5.92 Å². The number of aryl methyl sites for hydroxylation is 1. The second-order valence-corrected chi connectivity index (χ2v) is 3.99. The smallest absolute Gasteiger partial charge is 0.222 e. The molecular weight excluding hydrogens is 190 g/mol.